The molecule has 0 aromatic rings. The van der Waals surface area contributed by atoms with Crippen molar-refractivity contribution in [3.05, 3.63) is 11.3 Å². The predicted octanol–water partition coefficient (Wildman–Crippen LogP) is 1.45. The lowest BCUT2D eigenvalue weighted by molar-refractivity contribution is -0.115. The maximum absolute atomic E-state index is 12.0. The molecule has 0 aromatic carbocycles. The number of carbonyl (C=O) groups excluding carboxylic acids is 1. The van der Waals surface area contributed by atoms with Crippen LogP contribution in [0.15, 0.2) is 16.3 Å². The van der Waals surface area contributed by atoms with Gasteiger partial charge in [0.2, 0.25) is 0 Å². The van der Waals surface area contributed by atoms with Crippen molar-refractivity contribution in [2.75, 3.05) is 20.3 Å². The molecule has 0 bridgehead atoms. The molecule has 94 valence electrons. The minimum absolute atomic E-state index is 0.167. The number of aliphatic imine (C=N–C) groups is 1. The summed E-state index contributed by atoms with van der Waals surface area (Å²) in [6, 6.07) is 0. The van der Waals surface area contributed by atoms with E-state index in [-0.39, 0.29) is 5.78 Å². The summed E-state index contributed by atoms with van der Waals surface area (Å²) in [7, 11) is 1.76. The number of rotatable bonds is 2. The predicted molar refractivity (Wildman–Crippen MR) is 67.0 cm³/mol. The molecule has 1 aliphatic heterocycles. The van der Waals surface area contributed by atoms with Gasteiger partial charge in [-0.1, -0.05) is 0 Å². The highest BCUT2D eigenvalue weighted by Crippen LogP contribution is 2.27. The quantitative estimate of drug-likeness (QED) is 0.738. The zero-order valence-corrected chi connectivity index (χ0v) is 10.4. The number of ether oxygens (including phenoxy) is 1. The molecule has 4 nitrogen and oxygen atoms in total. The average molecular weight is 236 g/mol. The van der Waals surface area contributed by atoms with Gasteiger partial charge in [-0.25, -0.2) is 0 Å². The van der Waals surface area contributed by atoms with Crippen LogP contribution in [-0.2, 0) is 9.53 Å². The Balaban J connectivity index is 2.25. The summed E-state index contributed by atoms with van der Waals surface area (Å²) in [5.41, 5.74) is 8.36. The summed E-state index contributed by atoms with van der Waals surface area (Å²) in [6.45, 7) is 1.51. The first-order chi connectivity index (χ1) is 8.24. The van der Waals surface area contributed by atoms with E-state index in [0.29, 0.717) is 17.9 Å². The van der Waals surface area contributed by atoms with Crippen LogP contribution in [0.25, 0.3) is 0 Å². The van der Waals surface area contributed by atoms with Gasteiger partial charge in [-0.3, -0.25) is 9.79 Å². The second kappa shape index (κ2) is 5.45. The number of hydrogen-bond donors (Lipinski definition) is 1. The van der Waals surface area contributed by atoms with E-state index in [4.69, 9.17) is 10.5 Å². The fraction of sp³-hybridized carbons (Fsp3) is 0.692. The number of allylic oxidation sites excluding steroid dienone is 2. The molecule has 2 aliphatic rings. The van der Waals surface area contributed by atoms with E-state index in [9.17, 15) is 4.79 Å². The molecule has 2 rings (SSSR count). The van der Waals surface area contributed by atoms with Crippen LogP contribution in [0, 0.1) is 5.92 Å². The number of nitrogens with two attached hydrogens (primary N) is 1. The highest BCUT2D eigenvalue weighted by atomic mass is 16.5. The van der Waals surface area contributed by atoms with Crippen molar-refractivity contribution in [3.8, 4) is 0 Å². The van der Waals surface area contributed by atoms with Crippen LogP contribution < -0.4 is 5.73 Å². The van der Waals surface area contributed by atoms with Gasteiger partial charge < -0.3 is 10.5 Å². The Morgan fingerprint density at radius 1 is 1.35 bits per heavy atom. The first-order valence-electron chi connectivity index (χ1n) is 6.30. The highest BCUT2D eigenvalue weighted by molar-refractivity contribution is 6.24. The maximum atomic E-state index is 12.0. The molecule has 0 radical (unpaired) electrons. The average Bonchev–Trinajstić information content (AvgIpc) is 2.35. The Kier molecular flexibility index (Phi) is 3.94. The summed E-state index contributed by atoms with van der Waals surface area (Å²) in [6.07, 6.45) is 4.19. The van der Waals surface area contributed by atoms with Gasteiger partial charge in [0.25, 0.3) is 0 Å². The van der Waals surface area contributed by atoms with Crippen molar-refractivity contribution < 1.29 is 9.53 Å². The molecule has 0 saturated carbocycles. The first kappa shape index (κ1) is 12.3. The van der Waals surface area contributed by atoms with Gasteiger partial charge in [0.15, 0.2) is 5.78 Å². The summed E-state index contributed by atoms with van der Waals surface area (Å²) < 4.78 is 5.35. The summed E-state index contributed by atoms with van der Waals surface area (Å²) >= 11 is 0. The molecule has 0 unspecified atom stereocenters. The van der Waals surface area contributed by atoms with Gasteiger partial charge >= 0.3 is 0 Å². The van der Waals surface area contributed by atoms with E-state index in [1.807, 2.05) is 0 Å². The van der Waals surface area contributed by atoms with E-state index >= 15 is 0 Å². The van der Waals surface area contributed by atoms with Crippen LogP contribution in [0.5, 0.6) is 0 Å². The lowest BCUT2D eigenvalue weighted by Gasteiger charge is -2.27. The maximum Gasteiger partial charge on any atom is 0.166 e. The van der Waals surface area contributed by atoms with Crippen LogP contribution in [0.1, 0.15) is 32.1 Å². The van der Waals surface area contributed by atoms with Crippen LogP contribution in [-0.4, -0.2) is 31.8 Å². The van der Waals surface area contributed by atoms with Crippen molar-refractivity contribution in [3.63, 3.8) is 0 Å². The number of ketones is 1. The third-order valence-electron chi connectivity index (χ3n) is 3.55. The molecule has 1 aliphatic carbocycles. The minimum atomic E-state index is 0.167. The second-order valence-corrected chi connectivity index (χ2v) is 4.67. The molecule has 0 amide bonds. The van der Waals surface area contributed by atoms with E-state index in [1.54, 1.807) is 7.05 Å². The van der Waals surface area contributed by atoms with Gasteiger partial charge in [-0.15, -0.1) is 0 Å². The molecule has 17 heavy (non-hydrogen) atoms. The highest BCUT2D eigenvalue weighted by Gasteiger charge is 2.29. The van der Waals surface area contributed by atoms with Crippen molar-refractivity contribution in [1.29, 1.82) is 0 Å². The molecule has 0 aromatic heterocycles. The van der Waals surface area contributed by atoms with Crippen molar-refractivity contribution >= 4 is 11.5 Å². The topological polar surface area (TPSA) is 64.7 Å². The Bertz CT molecular complexity index is 366. The zero-order chi connectivity index (χ0) is 12.3. The summed E-state index contributed by atoms with van der Waals surface area (Å²) in [5.74, 6) is 0.505. The van der Waals surface area contributed by atoms with Crippen LogP contribution in [0.3, 0.4) is 0 Å². The molecule has 1 fully saturated rings. The molecule has 1 heterocycles. The van der Waals surface area contributed by atoms with Gasteiger partial charge in [0, 0.05) is 38.3 Å². The molecule has 4 heteroatoms. The Labute approximate surface area is 102 Å². The van der Waals surface area contributed by atoms with Crippen LogP contribution in [0.2, 0.25) is 0 Å². The Morgan fingerprint density at radius 3 is 2.65 bits per heavy atom. The smallest absolute Gasteiger partial charge is 0.166 e. The van der Waals surface area contributed by atoms with E-state index in [1.165, 1.54) is 0 Å². The SMILES string of the molecule is CN=C(C1=C(N)CCCC1=O)C1CCOCC1. The van der Waals surface area contributed by atoms with E-state index in [0.717, 1.165) is 50.3 Å². The largest absolute Gasteiger partial charge is 0.401 e. The fourth-order valence-corrected chi connectivity index (χ4v) is 2.65. The third kappa shape index (κ3) is 2.57. The van der Waals surface area contributed by atoms with E-state index in [2.05, 4.69) is 4.99 Å². The molecular weight excluding hydrogens is 216 g/mol. The molecule has 1 saturated heterocycles. The van der Waals surface area contributed by atoms with Gasteiger partial charge in [-0.05, 0) is 25.7 Å². The summed E-state index contributed by atoms with van der Waals surface area (Å²) in [4.78, 5) is 16.3. The number of nitrogens with zero attached hydrogens (tertiary/aromatic N) is 1. The minimum Gasteiger partial charge on any atom is -0.401 e. The third-order valence-corrected chi connectivity index (χ3v) is 3.55. The van der Waals surface area contributed by atoms with Crippen LogP contribution >= 0.6 is 0 Å². The number of hydrogen-bond acceptors (Lipinski definition) is 4. The normalized spacial score (nSPS) is 24.3. The number of Topliss-reactive ketones (excluding diaryl/α,β-unsaturated/α-hetero) is 1. The summed E-state index contributed by atoms with van der Waals surface area (Å²) in [5, 5.41) is 0. The Hall–Kier alpha value is -1.16. The lowest BCUT2D eigenvalue weighted by atomic mass is 9.83. The monoisotopic (exact) mass is 236 g/mol. The number of carbonyl (C=O) groups is 1. The molecule has 0 atom stereocenters. The first-order valence-corrected chi connectivity index (χ1v) is 6.30. The van der Waals surface area contributed by atoms with Gasteiger partial charge in [0.05, 0.1) is 11.3 Å². The zero-order valence-electron chi connectivity index (χ0n) is 10.4. The molecule has 2 N–H and O–H groups in total. The molecular formula is C13H20N2O2. The molecule has 0 spiro atoms. The van der Waals surface area contributed by atoms with E-state index < -0.39 is 0 Å². The van der Waals surface area contributed by atoms with Crippen molar-refractivity contribution in [2.45, 2.75) is 32.1 Å². The van der Waals surface area contributed by atoms with Gasteiger partial charge in [0.1, 0.15) is 0 Å². The second-order valence-electron chi connectivity index (χ2n) is 4.67. The lowest BCUT2D eigenvalue weighted by Crippen LogP contribution is -2.31. The fourth-order valence-electron chi connectivity index (χ4n) is 2.65. The Morgan fingerprint density at radius 2 is 2.06 bits per heavy atom. The standard InChI is InChI=1S/C13H20N2O2/c1-15-13(9-5-7-17-8-6-9)12-10(14)3-2-4-11(12)16/h9H,2-8,14H2,1H3. The van der Waals surface area contributed by atoms with Gasteiger partial charge in [-0.2, -0.15) is 0 Å². The van der Waals surface area contributed by atoms with Crippen LogP contribution in [0.4, 0.5) is 0 Å². The van der Waals surface area contributed by atoms with Crippen molar-refractivity contribution in [1.82, 2.24) is 0 Å². The van der Waals surface area contributed by atoms with Crippen molar-refractivity contribution in [2.24, 2.45) is 16.6 Å².